The van der Waals surface area contributed by atoms with Crippen LogP contribution in [-0.4, -0.2) is 26.9 Å². The summed E-state index contributed by atoms with van der Waals surface area (Å²) in [5.41, 5.74) is 0.726. The van der Waals surface area contributed by atoms with E-state index in [4.69, 9.17) is 0 Å². The van der Waals surface area contributed by atoms with Crippen molar-refractivity contribution in [1.29, 1.82) is 0 Å². The minimum absolute atomic E-state index is 0.0505. The highest BCUT2D eigenvalue weighted by molar-refractivity contribution is 5.91. The fourth-order valence-electron chi connectivity index (χ4n) is 3.75. The van der Waals surface area contributed by atoms with Crippen molar-refractivity contribution in [2.24, 2.45) is 0 Å². The molecular formula is C17H15F3N4O. The van der Waals surface area contributed by atoms with E-state index >= 15 is 0 Å². The number of fused-ring (bicyclic) bond motifs is 4. The fraction of sp³-hybridized carbons (Fsp3) is 0.353. The standard InChI is InChI=1S/C17H15F3N4O/c18-17(19,20)12-3-1-2-4-13(12)23-16(25)24-10-5-6-15(24)11-8-21-9-22-14(11)7-10/h1-4,8-10,15H,5-7H2,(H,23,25). The summed E-state index contributed by atoms with van der Waals surface area (Å²) in [5.74, 6) is 0. The zero-order chi connectivity index (χ0) is 17.6. The van der Waals surface area contributed by atoms with Crippen LogP contribution in [0.2, 0.25) is 0 Å². The zero-order valence-electron chi connectivity index (χ0n) is 13.1. The normalized spacial score (nSPS) is 21.8. The van der Waals surface area contributed by atoms with Crippen molar-refractivity contribution in [3.8, 4) is 0 Å². The van der Waals surface area contributed by atoms with Crippen molar-refractivity contribution in [3.63, 3.8) is 0 Å². The number of nitrogens with one attached hydrogen (secondary N) is 1. The smallest absolute Gasteiger partial charge is 0.314 e. The van der Waals surface area contributed by atoms with Crippen LogP contribution >= 0.6 is 0 Å². The number of anilines is 1. The van der Waals surface area contributed by atoms with Crippen molar-refractivity contribution in [2.45, 2.75) is 37.5 Å². The lowest BCUT2D eigenvalue weighted by atomic mass is 10.00. The Morgan fingerprint density at radius 1 is 1.24 bits per heavy atom. The Bertz CT molecular complexity index is 824. The molecule has 2 aromatic rings. The average Bonchev–Trinajstić information content (AvgIpc) is 2.90. The second kappa shape index (κ2) is 5.72. The minimum Gasteiger partial charge on any atom is -0.314 e. The summed E-state index contributed by atoms with van der Waals surface area (Å²) >= 11 is 0. The Morgan fingerprint density at radius 2 is 2.04 bits per heavy atom. The van der Waals surface area contributed by atoms with Gasteiger partial charge in [0.05, 0.1) is 23.0 Å². The van der Waals surface area contributed by atoms with Crippen molar-refractivity contribution in [1.82, 2.24) is 14.9 Å². The number of hydrogen-bond acceptors (Lipinski definition) is 3. The van der Waals surface area contributed by atoms with Crippen LogP contribution in [0.1, 0.15) is 35.7 Å². The predicted molar refractivity (Wildman–Crippen MR) is 83.8 cm³/mol. The lowest BCUT2D eigenvalue weighted by molar-refractivity contribution is -0.136. The van der Waals surface area contributed by atoms with Crippen molar-refractivity contribution in [2.75, 3.05) is 5.32 Å². The summed E-state index contributed by atoms with van der Waals surface area (Å²) in [7, 11) is 0. The summed E-state index contributed by atoms with van der Waals surface area (Å²) in [6, 6.07) is 4.25. The maximum absolute atomic E-state index is 13.1. The van der Waals surface area contributed by atoms with Gasteiger partial charge < -0.3 is 10.2 Å². The van der Waals surface area contributed by atoms with Crippen molar-refractivity contribution >= 4 is 11.7 Å². The molecule has 2 amide bonds. The van der Waals surface area contributed by atoms with Gasteiger partial charge in [-0.15, -0.1) is 0 Å². The maximum atomic E-state index is 13.1. The first kappa shape index (κ1) is 15.9. The Hall–Kier alpha value is -2.64. The summed E-state index contributed by atoms with van der Waals surface area (Å²) in [5, 5.41) is 2.44. The second-order valence-corrected chi connectivity index (χ2v) is 6.26. The number of carbonyl (C=O) groups is 1. The van der Waals surface area contributed by atoms with E-state index < -0.39 is 17.8 Å². The van der Waals surface area contributed by atoms with Gasteiger partial charge in [-0.1, -0.05) is 12.1 Å². The van der Waals surface area contributed by atoms with Crippen LogP contribution in [0.3, 0.4) is 0 Å². The predicted octanol–water partition coefficient (Wildman–Crippen LogP) is 3.79. The molecule has 0 saturated carbocycles. The topological polar surface area (TPSA) is 58.1 Å². The molecule has 1 N–H and O–H groups in total. The third kappa shape index (κ3) is 2.71. The van der Waals surface area contributed by atoms with E-state index in [0.717, 1.165) is 30.2 Å². The van der Waals surface area contributed by atoms with Crippen LogP contribution in [0, 0.1) is 0 Å². The Balaban J connectivity index is 1.62. The van der Waals surface area contributed by atoms with Crippen LogP contribution in [0.15, 0.2) is 36.8 Å². The highest BCUT2D eigenvalue weighted by Gasteiger charge is 2.44. The molecule has 1 fully saturated rings. The quantitative estimate of drug-likeness (QED) is 0.853. The number of amides is 2. The third-order valence-corrected chi connectivity index (χ3v) is 4.83. The van der Waals surface area contributed by atoms with Gasteiger partial charge in [-0.25, -0.2) is 14.8 Å². The molecule has 25 heavy (non-hydrogen) atoms. The van der Waals surface area contributed by atoms with E-state index in [1.54, 1.807) is 11.1 Å². The maximum Gasteiger partial charge on any atom is 0.418 e. The van der Waals surface area contributed by atoms with Gasteiger partial charge in [0.25, 0.3) is 0 Å². The molecule has 1 aromatic carbocycles. The Morgan fingerprint density at radius 3 is 2.84 bits per heavy atom. The molecule has 4 rings (SSSR count). The number of carbonyl (C=O) groups excluding carboxylic acids is 1. The first-order valence-corrected chi connectivity index (χ1v) is 7.99. The number of hydrogen-bond donors (Lipinski definition) is 1. The number of benzene rings is 1. The highest BCUT2D eigenvalue weighted by atomic mass is 19.4. The molecule has 130 valence electrons. The SMILES string of the molecule is O=C(Nc1ccccc1C(F)(F)F)N1C2CCC1c1cncnc1C2. The van der Waals surface area contributed by atoms with Gasteiger partial charge in [0.15, 0.2) is 0 Å². The molecule has 2 atom stereocenters. The van der Waals surface area contributed by atoms with Crippen LogP contribution in [0.4, 0.5) is 23.7 Å². The molecule has 1 aromatic heterocycles. The monoisotopic (exact) mass is 348 g/mol. The second-order valence-electron chi connectivity index (χ2n) is 6.26. The number of halogens is 3. The van der Waals surface area contributed by atoms with E-state index in [1.807, 2.05) is 0 Å². The molecule has 1 saturated heterocycles. The van der Waals surface area contributed by atoms with Crippen LogP contribution in [0.25, 0.3) is 0 Å². The van der Waals surface area contributed by atoms with Gasteiger partial charge in [-0.05, 0) is 25.0 Å². The van der Waals surface area contributed by atoms with Gasteiger partial charge >= 0.3 is 12.2 Å². The largest absolute Gasteiger partial charge is 0.418 e. The first-order chi connectivity index (χ1) is 11.9. The minimum atomic E-state index is -4.52. The van der Waals surface area contributed by atoms with E-state index in [2.05, 4.69) is 15.3 Å². The van der Waals surface area contributed by atoms with E-state index in [1.165, 1.54) is 24.5 Å². The number of rotatable bonds is 1. The summed E-state index contributed by atoms with van der Waals surface area (Å²) in [4.78, 5) is 22.6. The van der Waals surface area contributed by atoms with E-state index in [9.17, 15) is 18.0 Å². The lowest BCUT2D eigenvalue weighted by Gasteiger charge is -2.35. The fourth-order valence-corrected chi connectivity index (χ4v) is 3.75. The van der Waals surface area contributed by atoms with E-state index in [-0.39, 0.29) is 17.8 Å². The number of para-hydroxylation sites is 1. The van der Waals surface area contributed by atoms with Crippen LogP contribution < -0.4 is 5.32 Å². The summed E-state index contributed by atoms with van der Waals surface area (Å²) < 4.78 is 39.4. The Kier molecular flexibility index (Phi) is 3.63. The van der Waals surface area contributed by atoms with Gasteiger partial charge in [0.1, 0.15) is 6.33 Å². The number of urea groups is 1. The number of nitrogens with zero attached hydrogens (tertiary/aromatic N) is 3. The first-order valence-electron chi connectivity index (χ1n) is 7.99. The molecule has 2 unspecified atom stereocenters. The van der Waals surface area contributed by atoms with Gasteiger partial charge in [-0.3, -0.25) is 0 Å². The summed E-state index contributed by atoms with van der Waals surface area (Å²) in [6.07, 6.45) is 0.814. The molecule has 8 heteroatoms. The van der Waals surface area contributed by atoms with Crippen molar-refractivity contribution < 1.29 is 18.0 Å². The number of aromatic nitrogens is 2. The van der Waals surface area contributed by atoms with Gasteiger partial charge in [-0.2, -0.15) is 13.2 Å². The van der Waals surface area contributed by atoms with Crippen molar-refractivity contribution in [3.05, 3.63) is 53.6 Å². The molecule has 0 spiro atoms. The zero-order valence-corrected chi connectivity index (χ0v) is 13.1. The van der Waals surface area contributed by atoms with Gasteiger partial charge in [0, 0.05) is 24.2 Å². The molecule has 2 aliphatic rings. The molecule has 2 aliphatic heterocycles. The highest BCUT2D eigenvalue weighted by Crippen LogP contribution is 2.43. The molecule has 2 bridgehead atoms. The molecule has 5 nitrogen and oxygen atoms in total. The average molecular weight is 348 g/mol. The Labute approximate surface area is 141 Å². The molecule has 3 heterocycles. The molecular weight excluding hydrogens is 333 g/mol. The summed E-state index contributed by atoms with van der Waals surface area (Å²) in [6.45, 7) is 0. The van der Waals surface area contributed by atoms with E-state index in [0.29, 0.717) is 6.42 Å². The third-order valence-electron chi connectivity index (χ3n) is 4.83. The molecule has 0 aliphatic carbocycles. The number of alkyl halides is 3. The molecule has 0 radical (unpaired) electrons. The van der Waals surface area contributed by atoms with Crippen LogP contribution in [0.5, 0.6) is 0 Å². The lowest BCUT2D eigenvalue weighted by Crippen LogP contribution is -2.44. The van der Waals surface area contributed by atoms with Crippen LogP contribution in [-0.2, 0) is 12.6 Å². The van der Waals surface area contributed by atoms with Gasteiger partial charge in [0.2, 0.25) is 0 Å².